The molecular weight excluding hydrogens is 857 g/mol. The lowest BCUT2D eigenvalue weighted by Gasteiger charge is -2.36. The standard InChI is InChI=1S/C50H52O12S2/c1-3-5-11-59-13-15-61-49-32-9-7-27-8-10-33-35(42(27)34(32)21-40-43(49)47(53)38-19-30-25-63(55,56)23-28(30)17-36(38)45(40)51)22-41-44(50(33)62-16-14-60-12-6-4-2)48(54)39-20-31-26-64(57,58)24-29(31)18-37(39)46(41)52/h7-10,21-22,36-39H,3-6,11-20,23-26H2,1-2H3/t36-,37+,38+,39-. The average Bonchev–Trinajstić information content (AvgIpc) is 3.75. The molecular formula is C50H52O12S2. The van der Waals surface area contributed by atoms with Crippen LogP contribution in [0.1, 0.15) is 107 Å². The first kappa shape index (κ1) is 43.1. The fraction of sp³-hybridized carbons (Fsp3) is 0.480. The van der Waals surface area contributed by atoms with Crippen LogP contribution in [0.5, 0.6) is 11.5 Å². The Morgan fingerprint density at radius 2 is 0.859 bits per heavy atom. The quantitative estimate of drug-likeness (QED) is 0.0684. The average molecular weight is 909 g/mol. The zero-order valence-electron chi connectivity index (χ0n) is 36.2. The number of unbranched alkanes of at least 4 members (excludes halogenated alkanes) is 2. The summed E-state index contributed by atoms with van der Waals surface area (Å²) in [5.41, 5.74) is 3.74. The molecule has 0 saturated heterocycles. The third-order valence-corrected chi connectivity index (χ3v) is 17.5. The third kappa shape index (κ3) is 7.32. The van der Waals surface area contributed by atoms with E-state index in [1.54, 1.807) is 12.1 Å². The molecule has 0 fully saturated rings. The predicted octanol–water partition coefficient (Wildman–Crippen LogP) is 7.80. The fourth-order valence-electron chi connectivity index (χ4n) is 11.3. The molecule has 2 aliphatic heterocycles. The molecule has 0 bridgehead atoms. The minimum atomic E-state index is -3.35. The zero-order chi connectivity index (χ0) is 44.7. The Morgan fingerprint density at radius 3 is 1.23 bits per heavy atom. The Hall–Kier alpha value is -4.76. The Labute approximate surface area is 372 Å². The highest BCUT2D eigenvalue weighted by atomic mass is 32.2. The summed E-state index contributed by atoms with van der Waals surface area (Å²) < 4.78 is 75.6. The van der Waals surface area contributed by atoms with Crippen LogP contribution >= 0.6 is 0 Å². The van der Waals surface area contributed by atoms with Crippen LogP contribution in [0.4, 0.5) is 0 Å². The monoisotopic (exact) mass is 908 g/mol. The van der Waals surface area contributed by atoms with E-state index in [4.69, 9.17) is 18.9 Å². The van der Waals surface area contributed by atoms with Gasteiger partial charge in [-0.1, -0.05) is 61.1 Å². The lowest BCUT2D eigenvalue weighted by Crippen LogP contribution is -2.39. The van der Waals surface area contributed by atoms with Gasteiger partial charge in [0.15, 0.2) is 42.8 Å². The van der Waals surface area contributed by atoms with Crippen molar-refractivity contribution in [1.29, 1.82) is 0 Å². The Balaban J connectivity index is 1.15. The van der Waals surface area contributed by atoms with Gasteiger partial charge in [-0.25, -0.2) is 16.8 Å². The van der Waals surface area contributed by atoms with E-state index >= 15 is 0 Å². The SMILES string of the molecule is CCCCOCCOc1c2c(cc3c1ccc1ccc4c(OCCOCCCC)c5c(cc4c13)C(=O)[C@H]1CC3=C(C[C@H]1C5=O)CS(=O)(=O)C3)C(=O)[C@@H]1CC3=C(C[C@@H]1C2=O)CS(=O)(=O)C3. The fourth-order valence-corrected chi connectivity index (χ4v) is 14.9. The van der Waals surface area contributed by atoms with Crippen LogP contribution in [0, 0.1) is 23.7 Å². The van der Waals surface area contributed by atoms with Crippen LogP contribution in [-0.2, 0) is 29.1 Å². The van der Waals surface area contributed by atoms with Gasteiger partial charge >= 0.3 is 0 Å². The summed E-state index contributed by atoms with van der Waals surface area (Å²) in [6.07, 6.45) is 4.52. The molecule has 0 amide bonds. The van der Waals surface area contributed by atoms with Crippen LogP contribution in [0.25, 0.3) is 32.3 Å². The number of ether oxygens (including phenoxy) is 4. The van der Waals surface area contributed by atoms with E-state index in [-0.39, 0.29) is 132 Å². The predicted molar refractivity (Wildman–Crippen MR) is 243 cm³/mol. The largest absolute Gasteiger partial charge is 0.490 e. The molecule has 0 N–H and O–H groups in total. The number of Topliss-reactive ketones (excluding diaryl/α,β-unsaturated/α-hetero) is 4. The number of ketones is 4. The number of sulfone groups is 2. The smallest absolute Gasteiger partial charge is 0.171 e. The number of hydrogen-bond donors (Lipinski definition) is 0. The molecule has 4 aliphatic carbocycles. The molecule has 12 nitrogen and oxygen atoms in total. The third-order valence-electron chi connectivity index (χ3n) is 14.3. The van der Waals surface area contributed by atoms with Gasteiger partial charge < -0.3 is 18.9 Å². The van der Waals surface area contributed by atoms with Crippen LogP contribution in [0.2, 0.25) is 0 Å². The first-order valence-electron chi connectivity index (χ1n) is 22.7. The van der Waals surface area contributed by atoms with Gasteiger partial charge in [0.1, 0.15) is 24.7 Å². The molecule has 4 atom stereocenters. The van der Waals surface area contributed by atoms with E-state index in [1.807, 2.05) is 24.3 Å². The van der Waals surface area contributed by atoms with Gasteiger partial charge in [-0.15, -0.1) is 0 Å². The maximum atomic E-state index is 14.8. The van der Waals surface area contributed by atoms with E-state index in [0.29, 0.717) is 40.1 Å². The Morgan fingerprint density at radius 1 is 0.484 bits per heavy atom. The minimum absolute atomic E-state index is 0.0906. The first-order valence-corrected chi connectivity index (χ1v) is 26.3. The maximum Gasteiger partial charge on any atom is 0.171 e. The van der Waals surface area contributed by atoms with Crippen molar-refractivity contribution in [2.24, 2.45) is 23.7 Å². The van der Waals surface area contributed by atoms with Gasteiger partial charge in [0.05, 0.1) is 47.4 Å². The van der Waals surface area contributed by atoms with E-state index in [2.05, 4.69) is 13.8 Å². The number of benzene rings is 4. The number of fused-ring (bicyclic) bond motifs is 9. The first-order chi connectivity index (χ1) is 30.8. The van der Waals surface area contributed by atoms with Crippen molar-refractivity contribution in [2.45, 2.75) is 65.2 Å². The summed E-state index contributed by atoms with van der Waals surface area (Å²) in [4.78, 5) is 59.2. The van der Waals surface area contributed by atoms with E-state index < -0.39 is 43.3 Å². The van der Waals surface area contributed by atoms with Gasteiger partial charge in [0.25, 0.3) is 0 Å². The molecule has 0 aromatic heterocycles. The summed E-state index contributed by atoms with van der Waals surface area (Å²) in [5, 5.41) is 3.80. The summed E-state index contributed by atoms with van der Waals surface area (Å²) in [6, 6.07) is 11.1. The Bertz CT molecular complexity index is 2810. The topological polar surface area (TPSA) is 173 Å². The Kier molecular flexibility index (Phi) is 11.2. The minimum Gasteiger partial charge on any atom is -0.490 e. The molecule has 336 valence electrons. The second kappa shape index (κ2) is 16.6. The molecule has 0 radical (unpaired) electrons. The van der Waals surface area contributed by atoms with Gasteiger partial charge in [-0.05, 0) is 84.3 Å². The molecule has 4 aromatic rings. The van der Waals surface area contributed by atoms with Crippen molar-refractivity contribution in [3.63, 3.8) is 0 Å². The number of carbonyl (C=O) groups is 4. The summed E-state index contributed by atoms with van der Waals surface area (Å²) >= 11 is 0. The van der Waals surface area contributed by atoms with E-state index in [0.717, 1.165) is 53.4 Å². The van der Waals surface area contributed by atoms with Crippen molar-refractivity contribution in [3.05, 3.63) is 80.9 Å². The van der Waals surface area contributed by atoms with Crippen LogP contribution < -0.4 is 9.47 Å². The maximum absolute atomic E-state index is 14.8. The molecule has 0 unspecified atom stereocenters. The molecule has 14 heteroatoms. The number of carbonyl (C=O) groups excluding carboxylic acids is 4. The van der Waals surface area contributed by atoms with Crippen molar-refractivity contribution in [3.8, 4) is 11.5 Å². The molecule has 4 aromatic carbocycles. The molecule has 6 aliphatic rings. The number of rotatable bonds is 14. The van der Waals surface area contributed by atoms with Crippen molar-refractivity contribution >= 4 is 75.1 Å². The van der Waals surface area contributed by atoms with Gasteiger partial charge in [-0.2, -0.15) is 0 Å². The summed E-state index contributed by atoms with van der Waals surface area (Å²) in [7, 11) is -6.70. The summed E-state index contributed by atoms with van der Waals surface area (Å²) in [6.45, 7) is 5.96. The highest BCUT2D eigenvalue weighted by Gasteiger charge is 2.50. The van der Waals surface area contributed by atoms with Crippen molar-refractivity contribution in [1.82, 2.24) is 0 Å². The van der Waals surface area contributed by atoms with Gasteiger partial charge in [0.2, 0.25) is 0 Å². The van der Waals surface area contributed by atoms with E-state index in [9.17, 15) is 36.0 Å². The van der Waals surface area contributed by atoms with Crippen molar-refractivity contribution in [2.75, 3.05) is 62.7 Å². The second-order valence-electron chi connectivity index (χ2n) is 18.5. The lowest BCUT2D eigenvalue weighted by molar-refractivity contribution is 0.0713. The van der Waals surface area contributed by atoms with Crippen LogP contribution in [-0.4, -0.2) is 103 Å². The molecule has 2 heterocycles. The highest BCUT2D eigenvalue weighted by Crippen LogP contribution is 2.52. The van der Waals surface area contributed by atoms with Gasteiger partial charge in [-0.3, -0.25) is 19.2 Å². The van der Waals surface area contributed by atoms with Crippen LogP contribution in [0.15, 0.2) is 58.7 Å². The van der Waals surface area contributed by atoms with Gasteiger partial charge in [0, 0.05) is 58.8 Å². The van der Waals surface area contributed by atoms with E-state index in [1.165, 1.54) is 0 Å². The molecule has 0 saturated carbocycles. The second-order valence-corrected chi connectivity index (χ2v) is 22.6. The lowest BCUT2D eigenvalue weighted by atomic mass is 9.65. The number of hydrogen-bond acceptors (Lipinski definition) is 12. The molecule has 64 heavy (non-hydrogen) atoms. The zero-order valence-corrected chi connectivity index (χ0v) is 37.8. The van der Waals surface area contributed by atoms with Crippen LogP contribution in [0.3, 0.4) is 0 Å². The molecule has 10 rings (SSSR count). The normalized spacial score (nSPS) is 24.2. The van der Waals surface area contributed by atoms with Crippen molar-refractivity contribution < 1.29 is 55.0 Å². The molecule has 0 spiro atoms. The highest BCUT2D eigenvalue weighted by molar-refractivity contribution is 7.92. The summed E-state index contributed by atoms with van der Waals surface area (Å²) in [5.74, 6) is -3.70.